The summed E-state index contributed by atoms with van der Waals surface area (Å²) >= 11 is 11.5. The zero-order chi connectivity index (χ0) is 32.1. The Balaban J connectivity index is 1.47. The van der Waals surface area contributed by atoms with E-state index >= 15 is 0 Å². The maximum absolute atomic E-state index is 13.7. The van der Waals surface area contributed by atoms with Crippen LogP contribution < -0.4 is 10.9 Å². The SMILES string of the molecule is O=C(OCc1ccc(Cl)cc1)c1cnc(NNc2ncc(C(=O)OCc3ccc(Cl)cc3)c(C(F)(F)F)n2)nc1C(F)(F)F. The van der Waals surface area contributed by atoms with Crippen molar-refractivity contribution >= 4 is 47.0 Å². The molecule has 2 aromatic carbocycles. The van der Waals surface area contributed by atoms with E-state index in [-0.39, 0.29) is 13.2 Å². The van der Waals surface area contributed by atoms with Gasteiger partial charge >= 0.3 is 24.3 Å². The minimum absolute atomic E-state index is 0.377. The van der Waals surface area contributed by atoms with E-state index in [0.29, 0.717) is 33.6 Å². The minimum Gasteiger partial charge on any atom is -0.457 e. The number of nitrogens with zero attached hydrogens (tertiary/aromatic N) is 4. The van der Waals surface area contributed by atoms with Crippen molar-refractivity contribution in [2.24, 2.45) is 0 Å². The Morgan fingerprint density at radius 1 is 0.636 bits per heavy atom. The van der Waals surface area contributed by atoms with Gasteiger partial charge in [0.15, 0.2) is 11.4 Å². The highest BCUT2D eigenvalue weighted by molar-refractivity contribution is 6.30. The van der Waals surface area contributed by atoms with Crippen molar-refractivity contribution in [1.82, 2.24) is 19.9 Å². The highest BCUT2D eigenvalue weighted by Gasteiger charge is 2.40. The van der Waals surface area contributed by atoms with Crippen LogP contribution in [0.1, 0.15) is 43.2 Å². The van der Waals surface area contributed by atoms with Crippen LogP contribution in [0.25, 0.3) is 0 Å². The van der Waals surface area contributed by atoms with Crippen molar-refractivity contribution in [3.63, 3.8) is 0 Å². The lowest BCUT2D eigenvalue weighted by atomic mass is 10.2. The van der Waals surface area contributed by atoms with E-state index in [2.05, 4.69) is 19.9 Å². The maximum Gasteiger partial charge on any atom is 0.434 e. The van der Waals surface area contributed by atoms with Crippen molar-refractivity contribution in [1.29, 1.82) is 0 Å². The number of aromatic nitrogens is 4. The number of hydrazine groups is 1. The summed E-state index contributed by atoms with van der Waals surface area (Å²) < 4.78 is 92.0. The average Bonchev–Trinajstić information content (AvgIpc) is 2.98. The van der Waals surface area contributed by atoms with Crippen LogP contribution in [0.2, 0.25) is 10.0 Å². The first-order valence-electron chi connectivity index (χ1n) is 11.9. The molecule has 0 aliphatic carbocycles. The molecule has 0 aliphatic rings. The summed E-state index contributed by atoms with van der Waals surface area (Å²) in [6.45, 7) is -0.753. The molecule has 44 heavy (non-hydrogen) atoms. The molecule has 2 aromatic heterocycles. The third-order valence-corrected chi connectivity index (χ3v) is 5.91. The van der Waals surface area contributed by atoms with Crippen LogP contribution in [0.5, 0.6) is 0 Å². The zero-order valence-corrected chi connectivity index (χ0v) is 23.1. The summed E-state index contributed by atoms with van der Waals surface area (Å²) in [6.07, 6.45) is -9.26. The highest BCUT2D eigenvalue weighted by Crippen LogP contribution is 2.33. The van der Waals surface area contributed by atoms with Crippen LogP contribution in [0.4, 0.5) is 38.2 Å². The number of hydrogen-bond donors (Lipinski definition) is 2. The van der Waals surface area contributed by atoms with Gasteiger partial charge in [0.05, 0.1) is 0 Å². The number of halogens is 8. The largest absolute Gasteiger partial charge is 0.457 e. The van der Waals surface area contributed by atoms with Crippen LogP contribution in [0.15, 0.2) is 60.9 Å². The van der Waals surface area contributed by atoms with Gasteiger partial charge in [-0.1, -0.05) is 47.5 Å². The van der Waals surface area contributed by atoms with E-state index in [0.717, 1.165) is 0 Å². The Hall–Kier alpha value is -4.70. The monoisotopic (exact) mass is 660 g/mol. The molecule has 4 aromatic rings. The normalized spacial score (nSPS) is 11.5. The van der Waals surface area contributed by atoms with Crippen LogP contribution in [-0.2, 0) is 35.0 Å². The van der Waals surface area contributed by atoms with Crippen LogP contribution >= 0.6 is 23.2 Å². The predicted octanol–water partition coefficient (Wildman–Crippen LogP) is 6.76. The summed E-state index contributed by atoms with van der Waals surface area (Å²) in [5, 5.41) is 0.793. The van der Waals surface area contributed by atoms with E-state index in [1.807, 2.05) is 10.9 Å². The number of esters is 2. The predicted molar refractivity (Wildman–Crippen MR) is 142 cm³/mol. The standard InChI is InChI=1S/C26H16Cl2F6N6O4/c27-15-5-1-13(2-6-15)11-43-21(41)17-9-35-23(37-19(17)25(29,30)31)39-40-24-36-10-18(20(38-24)26(32,33)34)22(42)44-12-14-3-7-16(28)8-4-14/h1-10H,11-12H2,(H,35,37,39)(H,36,38,40). The van der Waals surface area contributed by atoms with E-state index < -0.39 is 58.7 Å². The van der Waals surface area contributed by atoms with Crippen LogP contribution in [0.3, 0.4) is 0 Å². The summed E-state index contributed by atoms with van der Waals surface area (Å²) in [4.78, 5) is 38.3. The number of hydrogen-bond acceptors (Lipinski definition) is 10. The maximum atomic E-state index is 13.7. The van der Waals surface area contributed by atoms with Crippen LogP contribution in [0, 0.1) is 0 Å². The lowest BCUT2D eigenvalue weighted by molar-refractivity contribution is -0.142. The molecule has 0 spiro atoms. The Kier molecular flexibility index (Phi) is 9.74. The molecule has 0 unspecified atom stereocenters. The first kappa shape index (κ1) is 32.2. The van der Waals surface area contributed by atoms with Crippen molar-refractivity contribution in [3.05, 3.63) is 105 Å². The lowest BCUT2D eigenvalue weighted by Gasteiger charge is -2.15. The van der Waals surface area contributed by atoms with E-state index in [9.17, 15) is 35.9 Å². The van der Waals surface area contributed by atoms with Gasteiger partial charge in [-0.2, -0.15) is 26.3 Å². The molecule has 18 heteroatoms. The molecule has 2 N–H and O–H groups in total. The second kappa shape index (κ2) is 13.3. The van der Waals surface area contributed by atoms with Gasteiger partial charge in [-0.25, -0.2) is 29.5 Å². The Morgan fingerprint density at radius 2 is 0.977 bits per heavy atom. The molecule has 0 radical (unpaired) electrons. The number of anilines is 2. The fraction of sp³-hybridized carbons (Fsp3) is 0.154. The molecule has 0 fully saturated rings. The van der Waals surface area contributed by atoms with Gasteiger partial charge in [-0.15, -0.1) is 0 Å². The molecule has 230 valence electrons. The van der Waals surface area contributed by atoms with Gasteiger partial charge in [0.25, 0.3) is 0 Å². The first-order valence-corrected chi connectivity index (χ1v) is 12.7. The quantitative estimate of drug-likeness (QED) is 0.113. The number of carbonyl (C=O) groups is 2. The Morgan fingerprint density at radius 3 is 1.30 bits per heavy atom. The summed E-state index contributed by atoms with van der Waals surface area (Å²) in [6, 6.07) is 12.0. The van der Waals surface area contributed by atoms with Crippen molar-refractivity contribution in [2.45, 2.75) is 25.6 Å². The van der Waals surface area contributed by atoms with Gasteiger partial charge in [-0.3, -0.25) is 10.9 Å². The topological polar surface area (TPSA) is 128 Å². The van der Waals surface area contributed by atoms with E-state index in [1.54, 1.807) is 0 Å². The van der Waals surface area contributed by atoms with Gasteiger partial charge in [-0.05, 0) is 35.4 Å². The molecule has 4 rings (SSSR count). The van der Waals surface area contributed by atoms with Crippen molar-refractivity contribution in [2.75, 3.05) is 10.9 Å². The summed E-state index contributed by atoms with van der Waals surface area (Å²) in [5.74, 6) is -4.39. The lowest BCUT2D eigenvalue weighted by Crippen LogP contribution is -2.23. The summed E-state index contributed by atoms with van der Waals surface area (Å²) in [5.41, 5.74) is -0.475. The number of nitrogens with one attached hydrogen (secondary N) is 2. The van der Waals surface area contributed by atoms with E-state index in [1.165, 1.54) is 48.5 Å². The Bertz CT molecular complexity index is 1530. The first-order chi connectivity index (χ1) is 20.7. The second-order valence-corrected chi connectivity index (χ2v) is 9.44. The molecule has 0 saturated carbocycles. The molecule has 0 atom stereocenters. The van der Waals surface area contributed by atoms with E-state index in [4.69, 9.17) is 32.7 Å². The molecular weight excluding hydrogens is 645 g/mol. The smallest absolute Gasteiger partial charge is 0.434 e. The molecule has 0 amide bonds. The molecule has 0 saturated heterocycles. The number of ether oxygens (including phenoxy) is 2. The second-order valence-electron chi connectivity index (χ2n) is 8.56. The summed E-state index contributed by atoms with van der Waals surface area (Å²) in [7, 11) is 0. The van der Waals surface area contributed by atoms with Gasteiger partial charge in [0.2, 0.25) is 11.9 Å². The van der Waals surface area contributed by atoms with Crippen molar-refractivity contribution in [3.8, 4) is 0 Å². The molecule has 10 nitrogen and oxygen atoms in total. The van der Waals surface area contributed by atoms with Gasteiger partial charge in [0, 0.05) is 22.4 Å². The highest BCUT2D eigenvalue weighted by atomic mass is 35.5. The van der Waals surface area contributed by atoms with Gasteiger partial charge in [0.1, 0.15) is 24.3 Å². The Labute approximate surface area is 253 Å². The number of carbonyl (C=O) groups excluding carboxylic acids is 2. The molecule has 0 bridgehead atoms. The van der Waals surface area contributed by atoms with Crippen molar-refractivity contribution < 1.29 is 45.4 Å². The minimum atomic E-state index is -5.15. The fourth-order valence-corrected chi connectivity index (χ4v) is 3.59. The molecule has 2 heterocycles. The zero-order valence-electron chi connectivity index (χ0n) is 21.6. The van der Waals surface area contributed by atoms with Crippen LogP contribution in [-0.4, -0.2) is 31.9 Å². The average molecular weight is 661 g/mol. The number of rotatable bonds is 9. The fourth-order valence-electron chi connectivity index (χ4n) is 3.34. The third kappa shape index (κ3) is 8.44. The van der Waals surface area contributed by atoms with Gasteiger partial charge < -0.3 is 9.47 Å². The number of benzene rings is 2. The molecular formula is C26H16Cl2F6N6O4. The molecule has 0 aliphatic heterocycles. The third-order valence-electron chi connectivity index (χ3n) is 5.41. The number of alkyl halides is 6.